The molecule has 4 aromatic rings. The molecule has 2 fully saturated rings. The van der Waals surface area contributed by atoms with Gasteiger partial charge in [0.2, 0.25) is 11.8 Å². The van der Waals surface area contributed by atoms with Crippen LogP contribution in [0.3, 0.4) is 0 Å². The number of hydrogen-bond acceptors (Lipinski definition) is 2. The molecular formula is C37H38N2O2. The molecule has 2 amide bonds. The fourth-order valence-electron chi connectivity index (χ4n) is 7.11. The molecule has 0 spiro atoms. The van der Waals surface area contributed by atoms with E-state index in [-0.39, 0.29) is 18.4 Å². The Kier molecular flexibility index (Phi) is 8.00. The monoisotopic (exact) mass is 542 g/mol. The van der Waals surface area contributed by atoms with Crippen LogP contribution in [0.4, 0.5) is 0 Å². The lowest BCUT2D eigenvalue weighted by Crippen LogP contribution is -2.55. The topological polar surface area (TPSA) is 40.6 Å². The quantitative estimate of drug-likeness (QED) is 0.262. The van der Waals surface area contributed by atoms with Crippen LogP contribution in [0.25, 0.3) is 0 Å². The largest absolute Gasteiger partial charge is 0.341 e. The van der Waals surface area contributed by atoms with Crippen molar-refractivity contribution < 1.29 is 9.59 Å². The molecule has 0 radical (unpaired) electrons. The van der Waals surface area contributed by atoms with Gasteiger partial charge in [0, 0.05) is 25.6 Å². The summed E-state index contributed by atoms with van der Waals surface area (Å²) in [6, 6.07) is 41.7. The number of carbonyl (C=O) groups excluding carboxylic acids is 2. The number of amides is 2. The van der Waals surface area contributed by atoms with Gasteiger partial charge in [-0.3, -0.25) is 9.59 Å². The minimum absolute atomic E-state index is 0.0394. The van der Waals surface area contributed by atoms with Crippen molar-refractivity contribution in [1.29, 1.82) is 0 Å². The maximum atomic E-state index is 14.3. The molecule has 2 heterocycles. The zero-order chi connectivity index (χ0) is 28.1. The Morgan fingerprint density at radius 2 is 1.15 bits per heavy atom. The van der Waals surface area contributed by atoms with Crippen molar-refractivity contribution in [2.24, 2.45) is 5.92 Å². The Labute approximate surface area is 243 Å². The smallest absolute Gasteiger partial charge is 0.242 e. The molecule has 0 unspecified atom stereocenters. The first-order valence-electron chi connectivity index (χ1n) is 14.9. The van der Waals surface area contributed by atoms with Crippen molar-refractivity contribution in [2.45, 2.75) is 37.0 Å². The Hall–Kier alpha value is -4.18. The van der Waals surface area contributed by atoms with Gasteiger partial charge in [-0.15, -0.1) is 0 Å². The van der Waals surface area contributed by atoms with Crippen LogP contribution in [-0.4, -0.2) is 47.8 Å². The summed E-state index contributed by atoms with van der Waals surface area (Å²) < 4.78 is 0. The Morgan fingerprint density at radius 3 is 1.63 bits per heavy atom. The Bertz CT molecular complexity index is 1350. The van der Waals surface area contributed by atoms with Gasteiger partial charge in [-0.25, -0.2) is 0 Å². The van der Waals surface area contributed by atoms with Crippen LogP contribution in [0, 0.1) is 5.92 Å². The predicted molar refractivity (Wildman–Crippen MR) is 164 cm³/mol. The molecule has 4 heteroatoms. The minimum atomic E-state index is -0.757. The van der Waals surface area contributed by atoms with E-state index in [1.807, 2.05) is 46.2 Å². The number of nitrogens with zero attached hydrogens (tertiary/aromatic N) is 2. The van der Waals surface area contributed by atoms with E-state index in [0.717, 1.165) is 49.9 Å². The zero-order valence-corrected chi connectivity index (χ0v) is 23.6. The van der Waals surface area contributed by atoms with Crippen LogP contribution in [0.1, 0.15) is 53.9 Å². The second-order valence-corrected chi connectivity index (χ2v) is 11.5. The second-order valence-electron chi connectivity index (χ2n) is 11.5. The third kappa shape index (κ3) is 5.44. The van der Waals surface area contributed by atoms with E-state index in [4.69, 9.17) is 0 Å². The van der Waals surface area contributed by atoms with E-state index in [0.29, 0.717) is 18.4 Å². The second kappa shape index (κ2) is 12.1. The number of carbonyl (C=O) groups is 2. The summed E-state index contributed by atoms with van der Waals surface area (Å²) in [6.07, 6.45) is 3.51. The van der Waals surface area contributed by atoms with E-state index in [2.05, 4.69) is 84.9 Å². The van der Waals surface area contributed by atoms with Crippen LogP contribution in [0.2, 0.25) is 0 Å². The van der Waals surface area contributed by atoms with Gasteiger partial charge in [-0.05, 0) is 53.9 Å². The average molecular weight is 543 g/mol. The van der Waals surface area contributed by atoms with Gasteiger partial charge in [0.15, 0.2) is 0 Å². The first-order chi connectivity index (χ1) is 20.2. The molecule has 0 atom stereocenters. The first kappa shape index (κ1) is 27.0. The highest BCUT2D eigenvalue weighted by Crippen LogP contribution is 2.42. The van der Waals surface area contributed by atoms with Crippen LogP contribution >= 0.6 is 0 Å². The fraction of sp³-hybridized carbons (Fsp3) is 0.297. The van der Waals surface area contributed by atoms with Crippen molar-refractivity contribution in [2.75, 3.05) is 26.2 Å². The summed E-state index contributed by atoms with van der Waals surface area (Å²) in [5.41, 5.74) is 3.91. The number of piperidine rings is 2. The van der Waals surface area contributed by atoms with Crippen LogP contribution < -0.4 is 0 Å². The highest BCUT2D eigenvalue weighted by molar-refractivity contribution is 5.95. The van der Waals surface area contributed by atoms with E-state index >= 15 is 0 Å². The number of hydrogen-bond donors (Lipinski definition) is 0. The lowest BCUT2D eigenvalue weighted by Gasteiger charge is -2.43. The Morgan fingerprint density at radius 1 is 0.683 bits per heavy atom. The van der Waals surface area contributed by atoms with Crippen LogP contribution in [0.15, 0.2) is 121 Å². The van der Waals surface area contributed by atoms with Gasteiger partial charge in [0.25, 0.3) is 0 Å². The molecule has 2 aliphatic heterocycles. The molecule has 0 bridgehead atoms. The molecule has 2 aliphatic rings. The summed E-state index contributed by atoms with van der Waals surface area (Å²) >= 11 is 0. The molecule has 4 aromatic carbocycles. The van der Waals surface area contributed by atoms with Crippen molar-refractivity contribution >= 4 is 11.8 Å². The fourth-order valence-corrected chi connectivity index (χ4v) is 7.11. The minimum Gasteiger partial charge on any atom is -0.341 e. The lowest BCUT2D eigenvalue weighted by molar-refractivity contribution is -0.146. The maximum Gasteiger partial charge on any atom is 0.242 e. The molecule has 0 N–H and O–H groups in total. The number of rotatable bonds is 7. The normalized spacial score (nSPS) is 17.5. The van der Waals surface area contributed by atoms with Gasteiger partial charge in [-0.2, -0.15) is 0 Å². The molecule has 0 saturated carbocycles. The maximum absolute atomic E-state index is 14.3. The van der Waals surface area contributed by atoms with E-state index < -0.39 is 5.41 Å². The third-order valence-corrected chi connectivity index (χ3v) is 9.17. The van der Waals surface area contributed by atoms with Crippen LogP contribution in [0.5, 0.6) is 0 Å². The zero-order valence-electron chi connectivity index (χ0n) is 23.6. The highest BCUT2D eigenvalue weighted by atomic mass is 16.2. The van der Waals surface area contributed by atoms with Crippen molar-refractivity contribution in [3.05, 3.63) is 144 Å². The molecule has 0 aliphatic carbocycles. The van der Waals surface area contributed by atoms with E-state index in [1.54, 1.807) is 0 Å². The summed E-state index contributed by atoms with van der Waals surface area (Å²) in [4.78, 5) is 31.7. The van der Waals surface area contributed by atoms with E-state index in [9.17, 15) is 9.59 Å². The average Bonchev–Trinajstić information content (AvgIpc) is 3.04. The summed E-state index contributed by atoms with van der Waals surface area (Å²) in [5.74, 6) is 0.877. The van der Waals surface area contributed by atoms with Gasteiger partial charge in [-0.1, -0.05) is 121 Å². The molecule has 0 aromatic heterocycles. The standard InChI is InChI=1S/C37H38N2O2/c40-34(38-26-22-31(23-27-38)35(29-14-5-1-6-15-29)30-16-7-2-8-17-30)28-39-25-13-24-37(36(39)41,32-18-9-3-10-19-32)33-20-11-4-12-21-33/h1-12,14-21,31,35H,13,22-28H2. The highest BCUT2D eigenvalue weighted by Gasteiger charge is 2.47. The van der Waals surface area contributed by atoms with Crippen molar-refractivity contribution in [3.63, 3.8) is 0 Å². The van der Waals surface area contributed by atoms with Gasteiger partial charge < -0.3 is 9.80 Å². The van der Waals surface area contributed by atoms with Gasteiger partial charge in [0.1, 0.15) is 0 Å². The molecule has 41 heavy (non-hydrogen) atoms. The van der Waals surface area contributed by atoms with Crippen molar-refractivity contribution in [1.82, 2.24) is 9.80 Å². The molecule has 6 rings (SSSR count). The molecule has 208 valence electrons. The number of likely N-dealkylation sites (tertiary alicyclic amines) is 2. The summed E-state index contributed by atoms with van der Waals surface area (Å²) in [6.45, 7) is 2.21. The predicted octanol–water partition coefficient (Wildman–Crippen LogP) is 6.67. The molecular weight excluding hydrogens is 504 g/mol. The number of benzene rings is 4. The van der Waals surface area contributed by atoms with Gasteiger partial charge in [0.05, 0.1) is 12.0 Å². The lowest BCUT2D eigenvalue weighted by atomic mass is 9.68. The molecule has 4 nitrogen and oxygen atoms in total. The molecule has 2 saturated heterocycles. The first-order valence-corrected chi connectivity index (χ1v) is 14.9. The van der Waals surface area contributed by atoms with Crippen LogP contribution in [-0.2, 0) is 15.0 Å². The van der Waals surface area contributed by atoms with Gasteiger partial charge >= 0.3 is 0 Å². The van der Waals surface area contributed by atoms with E-state index in [1.165, 1.54) is 11.1 Å². The summed E-state index contributed by atoms with van der Waals surface area (Å²) in [5, 5.41) is 0. The van der Waals surface area contributed by atoms with Crippen molar-refractivity contribution in [3.8, 4) is 0 Å². The SMILES string of the molecule is O=C(CN1CCCC(c2ccccc2)(c2ccccc2)C1=O)N1CCC(C(c2ccccc2)c2ccccc2)CC1. The third-order valence-electron chi connectivity index (χ3n) is 9.17. The summed E-state index contributed by atoms with van der Waals surface area (Å²) in [7, 11) is 0. The Balaban J connectivity index is 1.17.